The van der Waals surface area contributed by atoms with Crippen LogP contribution in [0.1, 0.15) is 32.0 Å². The van der Waals surface area contributed by atoms with Gasteiger partial charge in [-0.25, -0.2) is 0 Å². The van der Waals surface area contributed by atoms with E-state index in [0.29, 0.717) is 11.6 Å². The van der Waals surface area contributed by atoms with Crippen LogP contribution >= 0.6 is 0 Å². The maximum Gasteiger partial charge on any atom is 0.238 e. The summed E-state index contributed by atoms with van der Waals surface area (Å²) in [6, 6.07) is 11.3. The zero-order valence-electron chi connectivity index (χ0n) is 11.4. The third-order valence-corrected chi connectivity index (χ3v) is 2.78. The first-order valence-electron chi connectivity index (χ1n) is 6.21. The molecule has 100 valence electrons. The summed E-state index contributed by atoms with van der Waals surface area (Å²) in [6.07, 6.45) is 0. The molecule has 0 saturated carbocycles. The van der Waals surface area contributed by atoms with Gasteiger partial charge in [-0.2, -0.15) is 0 Å². The molecule has 0 aliphatic carbocycles. The van der Waals surface area contributed by atoms with Crippen molar-refractivity contribution < 1.29 is 9.84 Å². The number of aliphatic hydroxyl groups is 1. The normalized spacial score (nSPS) is 11.4. The molecule has 0 bridgehead atoms. The maximum atomic E-state index is 8.90. The minimum absolute atomic E-state index is 0.0752. The van der Waals surface area contributed by atoms with Gasteiger partial charge in [0.2, 0.25) is 5.88 Å². The van der Waals surface area contributed by atoms with E-state index in [1.54, 1.807) is 12.1 Å². The van der Waals surface area contributed by atoms with Crippen LogP contribution in [0.2, 0.25) is 0 Å². The smallest absolute Gasteiger partial charge is 0.238 e. The first-order chi connectivity index (χ1) is 8.99. The minimum atomic E-state index is -0.118. The van der Waals surface area contributed by atoms with Crippen molar-refractivity contribution >= 4 is 0 Å². The van der Waals surface area contributed by atoms with Crippen molar-refractivity contribution in [2.24, 2.45) is 0 Å². The summed E-state index contributed by atoms with van der Waals surface area (Å²) in [5, 5.41) is 16.6. The second-order valence-corrected chi connectivity index (χ2v) is 5.40. The summed E-state index contributed by atoms with van der Waals surface area (Å²) in [7, 11) is 0. The molecule has 0 aliphatic heterocycles. The first-order valence-corrected chi connectivity index (χ1v) is 6.21. The highest BCUT2D eigenvalue weighted by molar-refractivity contribution is 5.34. The molecule has 4 nitrogen and oxygen atoms in total. The lowest BCUT2D eigenvalue weighted by Crippen LogP contribution is -2.10. The highest BCUT2D eigenvalue weighted by atomic mass is 16.5. The van der Waals surface area contributed by atoms with Crippen LogP contribution in [0.3, 0.4) is 0 Å². The minimum Gasteiger partial charge on any atom is -0.438 e. The lowest BCUT2D eigenvalue weighted by Gasteiger charge is -2.19. The lowest BCUT2D eigenvalue weighted by molar-refractivity contribution is 0.274. The van der Waals surface area contributed by atoms with Gasteiger partial charge in [0.1, 0.15) is 5.75 Å². The van der Waals surface area contributed by atoms with E-state index in [0.717, 1.165) is 5.75 Å². The molecule has 1 heterocycles. The number of benzene rings is 1. The summed E-state index contributed by atoms with van der Waals surface area (Å²) < 4.78 is 5.66. The van der Waals surface area contributed by atoms with Crippen molar-refractivity contribution in [3.63, 3.8) is 0 Å². The molecule has 0 atom stereocenters. The van der Waals surface area contributed by atoms with Crippen molar-refractivity contribution in [2.75, 3.05) is 0 Å². The summed E-state index contributed by atoms with van der Waals surface area (Å²) in [4.78, 5) is 0. The molecule has 2 aromatic rings. The summed E-state index contributed by atoms with van der Waals surface area (Å²) >= 11 is 0. The average Bonchev–Trinajstić information content (AvgIpc) is 2.39. The Labute approximate surface area is 113 Å². The average molecular weight is 258 g/mol. The molecule has 0 amide bonds. The molecule has 0 spiro atoms. The fraction of sp³-hybridized carbons (Fsp3) is 0.333. The molecular formula is C15H18N2O2. The van der Waals surface area contributed by atoms with Crippen LogP contribution in [0.4, 0.5) is 0 Å². The second-order valence-electron chi connectivity index (χ2n) is 5.40. The second kappa shape index (κ2) is 5.36. The maximum absolute atomic E-state index is 8.90. The van der Waals surface area contributed by atoms with Crippen molar-refractivity contribution in [3.05, 3.63) is 47.7 Å². The molecule has 0 fully saturated rings. The van der Waals surface area contributed by atoms with E-state index in [4.69, 9.17) is 9.84 Å². The fourth-order valence-electron chi connectivity index (χ4n) is 1.63. The number of hydrogen-bond acceptors (Lipinski definition) is 4. The molecule has 0 radical (unpaired) electrons. The van der Waals surface area contributed by atoms with Gasteiger partial charge in [0, 0.05) is 6.07 Å². The van der Waals surface area contributed by atoms with Crippen molar-refractivity contribution in [3.8, 4) is 11.6 Å². The molecule has 1 aromatic carbocycles. The molecule has 1 aromatic heterocycles. The molecule has 0 saturated heterocycles. The Morgan fingerprint density at radius 2 is 1.89 bits per heavy atom. The van der Waals surface area contributed by atoms with Gasteiger partial charge in [-0.1, -0.05) is 32.9 Å². The Kier molecular flexibility index (Phi) is 3.81. The van der Waals surface area contributed by atoms with Gasteiger partial charge < -0.3 is 9.84 Å². The zero-order chi connectivity index (χ0) is 13.9. The molecule has 19 heavy (non-hydrogen) atoms. The number of rotatable bonds is 3. The highest BCUT2D eigenvalue weighted by Crippen LogP contribution is 2.27. The Morgan fingerprint density at radius 3 is 2.47 bits per heavy atom. The van der Waals surface area contributed by atoms with Gasteiger partial charge in [0.15, 0.2) is 0 Å². The predicted octanol–water partition coefficient (Wildman–Crippen LogP) is 3.06. The van der Waals surface area contributed by atoms with Crippen LogP contribution < -0.4 is 4.74 Å². The Morgan fingerprint density at radius 1 is 1.11 bits per heavy atom. The first kappa shape index (κ1) is 13.5. The van der Waals surface area contributed by atoms with Gasteiger partial charge in [0.25, 0.3) is 0 Å². The number of hydrogen-bond donors (Lipinski definition) is 1. The van der Waals surface area contributed by atoms with Crippen LogP contribution in [0.15, 0.2) is 36.4 Å². The topological polar surface area (TPSA) is 55.2 Å². The molecule has 1 N–H and O–H groups in total. The molecular weight excluding hydrogens is 240 g/mol. The van der Waals surface area contributed by atoms with E-state index < -0.39 is 0 Å². The van der Waals surface area contributed by atoms with Crippen LogP contribution in [0.25, 0.3) is 0 Å². The van der Waals surface area contributed by atoms with E-state index in [2.05, 4.69) is 37.0 Å². The monoisotopic (exact) mass is 258 g/mol. The van der Waals surface area contributed by atoms with E-state index in [1.165, 1.54) is 5.56 Å². The van der Waals surface area contributed by atoms with Gasteiger partial charge >= 0.3 is 0 Å². The van der Waals surface area contributed by atoms with Crippen LogP contribution in [0.5, 0.6) is 11.6 Å². The van der Waals surface area contributed by atoms with E-state index in [1.807, 2.05) is 18.2 Å². The van der Waals surface area contributed by atoms with Crippen molar-refractivity contribution in [2.45, 2.75) is 32.8 Å². The van der Waals surface area contributed by atoms with Crippen LogP contribution in [-0.4, -0.2) is 15.3 Å². The molecule has 4 heteroatoms. The van der Waals surface area contributed by atoms with Gasteiger partial charge in [-0.3, -0.25) is 0 Å². The summed E-state index contributed by atoms with van der Waals surface area (Å²) in [5.74, 6) is 1.15. The van der Waals surface area contributed by atoms with E-state index in [9.17, 15) is 0 Å². The van der Waals surface area contributed by atoms with Crippen LogP contribution in [0, 0.1) is 0 Å². The van der Waals surface area contributed by atoms with Gasteiger partial charge in [-0.05, 0) is 29.2 Å². The SMILES string of the molecule is CC(C)(C)c1cccc(Oc2ccc(CO)nn2)c1. The quantitative estimate of drug-likeness (QED) is 0.919. The van der Waals surface area contributed by atoms with Crippen LogP contribution in [-0.2, 0) is 12.0 Å². The van der Waals surface area contributed by atoms with Gasteiger partial charge in [-0.15, -0.1) is 10.2 Å². The third-order valence-electron chi connectivity index (χ3n) is 2.78. The molecule has 2 rings (SSSR count). The van der Waals surface area contributed by atoms with Crippen molar-refractivity contribution in [1.29, 1.82) is 0 Å². The number of nitrogens with zero attached hydrogens (tertiary/aromatic N) is 2. The zero-order valence-corrected chi connectivity index (χ0v) is 11.4. The number of aliphatic hydroxyl groups excluding tert-OH is 1. The summed E-state index contributed by atoms with van der Waals surface area (Å²) in [6.45, 7) is 6.35. The standard InChI is InChI=1S/C15H18N2O2/c1-15(2,3)11-5-4-6-13(9-11)19-14-8-7-12(10-18)16-17-14/h4-9,18H,10H2,1-3H3. The fourth-order valence-corrected chi connectivity index (χ4v) is 1.63. The lowest BCUT2D eigenvalue weighted by atomic mass is 9.87. The summed E-state index contributed by atoms with van der Waals surface area (Å²) in [5.41, 5.74) is 1.80. The Bertz CT molecular complexity index is 545. The van der Waals surface area contributed by atoms with Crippen molar-refractivity contribution in [1.82, 2.24) is 10.2 Å². The van der Waals surface area contributed by atoms with E-state index >= 15 is 0 Å². The molecule has 0 aliphatic rings. The largest absolute Gasteiger partial charge is 0.438 e. The van der Waals surface area contributed by atoms with E-state index in [-0.39, 0.29) is 12.0 Å². The number of ether oxygens (including phenoxy) is 1. The third kappa shape index (κ3) is 3.51. The molecule has 0 unspecified atom stereocenters. The Hall–Kier alpha value is -1.94. The van der Waals surface area contributed by atoms with Gasteiger partial charge in [0.05, 0.1) is 12.3 Å². The highest BCUT2D eigenvalue weighted by Gasteiger charge is 2.14. The Balaban J connectivity index is 2.18. The predicted molar refractivity (Wildman–Crippen MR) is 73.2 cm³/mol. The number of aromatic nitrogens is 2.